The van der Waals surface area contributed by atoms with Crippen molar-refractivity contribution in [3.05, 3.63) is 92.5 Å². The molecule has 12 heteroatoms. The lowest BCUT2D eigenvalue weighted by molar-refractivity contribution is -0.136. The molecule has 43 heavy (non-hydrogen) atoms. The Bertz CT molecular complexity index is 1610. The maximum atomic E-state index is 13.2. The fourth-order valence-electron chi connectivity index (χ4n) is 4.67. The molecular formula is C31H27BrFN3O6S. The summed E-state index contributed by atoms with van der Waals surface area (Å²) >= 11 is 4.21. The number of anilines is 1. The van der Waals surface area contributed by atoms with Crippen LogP contribution in [0.2, 0.25) is 0 Å². The second-order valence-electron chi connectivity index (χ2n) is 9.71. The molecule has 0 saturated carbocycles. The van der Waals surface area contributed by atoms with Crippen LogP contribution in [0.15, 0.2) is 70.0 Å². The van der Waals surface area contributed by atoms with E-state index in [-0.39, 0.29) is 29.7 Å². The number of amides is 4. The minimum atomic E-state index is -0.548. The highest BCUT2D eigenvalue weighted by Crippen LogP contribution is 2.39. The number of rotatable bonds is 9. The van der Waals surface area contributed by atoms with Crippen molar-refractivity contribution in [1.29, 1.82) is 0 Å². The topological polar surface area (TPSA) is 105 Å². The van der Waals surface area contributed by atoms with Crippen molar-refractivity contribution in [2.24, 2.45) is 0 Å². The first-order chi connectivity index (χ1) is 20.7. The number of fused-ring (bicyclic) bond motifs is 1. The van der Waals surface area contributed by atoms with Gasteiger partial charge >= 0.3 is 0 Å². The first kappa shape index (κ1) is 30.3. The summed E-state index contributed by atoms with van der Waals surface area (Å²) in [5.41, 5.74) is 3.23. The number of ether oxygens (including phenoxy) is 2. The van der Waals surface area contributed by atoms with Crippen molar-refractivity contribution < 1.29 is 33.0 Å². The van der Waals surface area contributed by atoms with Crippen LogP contribution in [0.3, 0.4) is 0 Å². The van der Waals surface area contributed by atoms with E-state index in [0.29, 0.717) is 41.2 Å². The molecule has 1 N–H and O–H groups in total. The van der Waals surface area contributed by atoms with Crippen LogP contribution in [-0.2, 0) is 27.3 Å². The van der Waals surface area contributed by atoms with Crippen LogP contribution in [0.25, 0.3) is 6.08 Å². The minimum absolute atomic E-state index is 0.170. The summed E-state index contributed by atoms with van der Waals surface area (Å²) in [4.78, 5) is 54.1. The quantitative estimate of drug-likeness (QED) is 0.295. The van der Waals surface area contributed by atoms with E-state index in [1.165, 1.54) is 29.8 Å². The predicted octanol–water partition coefficient (Wildman–Crippen LogP) is 5.63. The number of nitrogens with one attached hydrogen (secondary N) is 1. The van der Waals surface area contributed by atoms with Crippen LogP contribution in [0.1, 0.15) is 23.6 Å². The maximum Gasteiger partial charge on any atom is 0.294 e. The van der Waals surface area contributed by atoms with E-state index in [1.54, 1.807) is 30.0 Å². The number of imide groups is 1. The van der Waals surface area contributed by atoms with E-state index in [2.05, 4.69) is 21.2 Å². The fourth-order valence-corrected chi connectivity index (χ4v) is 6.09. The van der Waals surface area contributed by atoms with Crippen LogP contribution < -0.4 is 14.8 Å². The molecule has 9 nitrogen and oxygen atoms in total. The summed E-state index contributed by atoms with van der Waals surface area (Å²) < 4.78 is 25.0. The molecule has 5 rings (SSSR count). The molecule has 0 unspecified atom stereocenters. The van der Waals surface area contributed by atoms with Crippen molar-refractivity contribution in [2.75, 3.05) is 31.6 Å². The van der Waals surface area contributed by atoms with Crippen LogP contribution in [0, 0.1) is 5.82 Å². The zero-order valence-corrected chi connectivity index (χ0v) is 25.5. The Morgan fingerprint density at radius 3 is 2.56 bits per heavy atom. The van der Waals surface area contributed by atoms with E-state index in [0.717, 1.165) is 28.6 Å². The summed E-state index contributed by atoms with van der Waals surface area (Å²) in [7, 11) is 0. The smallest absolute Gasteiger partial charge is 0.294 e. The number of hydrogen-bond donors (Lipinski definition) is 1. The van der Waals surface area contributed by atoms with Gasteiger partial charge < -0.3 is 19.7 Å². The van der Waals surface area contributed by atoms with Gasteiger partial charge in [-0.15, -0.1) is 0 Å². The van der Waals surface area contributed by atoms with Crippen molar-refractivity contribution in [2.45, 2.75) is 19.9 Å². The number of carbonyl (C=O) groups excluding carboxylic acids is 4. The summed E-state index contributed by atoms with van der Waals surface area (Å²) in [5.74, 6) is -1.12. The van der Waals surface area contributed by atoms with Crippen LogP contribution >= 0.6 is 27.7 Å². The Balaban J connectivity index is 1.25. The molecule has 0 atom stereocenters. The van der Waals surface area contributed by atoms with Crippen molar-refractivity contribution in [3.8, 4) is 11.5 Å². The number of carbonyl (C=O) groups is 4. The molecule has 0 radical (unpaired) electrons. The Kier molecular flexibility index (Phi) is 9.46. The number of thioether (sulfide) groups is 1. The van der Waals surface area contributed by atoms with Crippen LogP contribution in [0.5, 0.6) is 11.5 Å². The number of hydrogen-bond acceptors (Lipinski definition) is 7. The van der Waals surface area contributed by atoms with Crippen LogP contribution in [-0.4, -0.2) is 59.1 Å². The molecule has 1 saturated heterocycles. The third-order valence-corrected chi connectivity index (χ3v) is 8.25. The van der Waals surface area contributed by atoms with Gasteiger partial charge in [0.1, 0.15) is 12.4 Å². The molecule has 2 aliphatic heterocycles. The second kappa shape index (κ2) is 13.4. The highest BCUT2D eigenvalue weighted by atomic mass is 79.9. The third kappa shape index (κ3) is 7.26. The van der Waals surface area contributed by atoms with Gasteiger partial charge in [-0.25, -0.2) is 4.39 Å². The van der Waals surface area contributed by atoms with Crippen molar-refractivity contribution in [3.63, 3.8) is 0 Å². The molecule has 0 spiro atoms. The van der Waals surface area contributed by atoms with E-state index in [9.17, 15) is 23.6 Å². The Labute approximate surface area is 260 Å². The van der Waals surface area contributed by atoms with E-state index in [4.69, 9.17) is 9.47 Å². The van der Waals surface area contributed by atoms with Crippen molar-refractivity contribution >= 4 is 62.4 Å². The first-order valence-electron chi connectivity index (χ1n) is 13.5. The summed E-state index contributed by atoms with van der Waals surface area (Å²) in [6.07, 6.45) is 2.27. The van der Waals surface area contributed by atoms with Crippen molar-refractivity contribution in [1.82, 2.24) is 9.80 Å². The lowest BCUT2D eigenvalue weighted by Crippen LogP contribution is -2.44. The summed E-state index contributed by atoms with van der Waals surface area (Å²) in [6.45, 7) is 2.38. The Morgan fingerprint density at radius 2 is 1.81 bits per heavy atom. The molecule has 2 heterocycles. The number of nitrogens with zero attached hydrogens (tertiary/aromatic N) is 2. The lowest BCUT2D eigenvalue weighted by Gasteiger charge is -2.29. The lowest BCUT2D eigenvalue weighted by atomic mass is 10.00. The molecule has 1 fully saturated rings. The minimum Gasteiger partial charge on any atom is -0.490 e. The zero-order valence-electron chi connectivity index (χ0n) is 23.1. The molecule has 0 aliphatic carbocycles. The van der Waals surface area contributed by atoms with E-state index in [1.807, 2.05) is 24.3 Å². The normalized spacial score (nSPS) is 15.5. The SMILES string of the molecule is CCOc1cc(/C=C2\SC(=O)N(CC(=O)N3CCc4ccccc4C3)C2=O)cc(Br)c1OCC(=O)Nc1ccc(F)cc1. The largest absolute Gasteiger partial charge is 0.490 e. The highest BCUT2D eigenvalue weighted by Gasteiger charge is 2.37. The molecule has 0 bridgehead atoms. The molecule has 2 aliphatic rings. The van der Waals surface area contributed by atoms with Gasteiger partial charge in [0.25, 0.3) is 17.1 Å². The van der Waals surface area contributed by atoms with Gasteiger partial charge in [-0.05, 0) is 100 Å². The van der Waals surface area contributed by atoms with E-state index >= 15 is 0 Å². The predicted molar refractivity (Wildman–Crippen MR) is 164 cm³/mol. The Hall–Kier alpha value is -4.16. The Morgan fingerprint density at radius 1 is 1.07 bits per heavy atom. The third-order valence-electron chi connectivity index (χ3n) is 6.76. The number of halogens is 2. The van der Waals surface area contributed by atoms with Gasteiger partial charge in [0, 0.05) is 18.8 Å². The van der Waals surface area contributed by atoms with Gasteiger partial charge in [0.05, 0.1) is 16.0 Å². The highest BCUT2D eigenvalue weighted by molar-refractivity contribution is 9.10. The first-order valence-corrected chi connectivity index (χ1v) is 15.1. The molecule has 0 aromatic heterocycles. The van der Waals surface area contributed by atoms with E-state index < -0.39 is 22.9 Å². The van der Waals surface area contributed by atoms with Gasteiger partial charge in [0.15, 0.2) is 18.1 Å². The molecule has 3 aromatic rings. The van der Waals surface area contributed by atoms with Gasteiger partial charge in [-0.3, -0.25) is 24.1 Å². The average molecular weight is 669 g/mol. The average Bonchev–Trinajstić information content (AvgIpc) is 3.24. The van der Waals surface area contributed by atoms with Crippen LogP contribution in [0.4, 0.5) is 14.9 Å². The molecule has 222 valence electrons. The molecule has 3 aromatic carbocycles. The van der Waals surface area contributed by atoms with Gasteiger partial charge in [-0.2, -0.15) is 0 Å². The number of benzene rings is 3. The summed E-state index contributed by atoms with van der Waals surface area (Å²) in [6, 6.07) is 16.6. The second-order valence-corrected chi connectivity index (χ2v) is 11.6. The standard InChI is InChI=1S/C31H27BrFN3O6S/c1-2-41-25-14-19(13-24(32)29(25)42-18-27(37)34-23-9-7-22(33)8-10-23)15-26-30(39)36(31(40)43-26)17-28(38)35-12-11-20-5-3-4-6-21(20)16-35/h3-10,13-15H,2,11-12,16-18H2,1H3,(H,34,37)/b26-15-. The maximum absolute atomic E-state index is 13.2. The molecule has 4 amide bonds. The van der Waals surface area contributed by atoms with Gasteiger partial charge in [0.2, 0.25) is 5.91 Å². The monoisotopic (exact) mass is 667 g/mol. The molecular weight excluding hydrogens is 641 g/mol. The van der Waals surface area contributed by atoms with Gasteiger partial charge in [-0.1, -0.05) is 24.3 Å². The zero-order chi connectivity index (χ0) is 30.5. The summed E-state index contributed by atoms with van der Waals surface area (Å²) in [5, 5.41) is 2.11. The fraction of sp³-hybridized carbons (Fsp3) is 0.226.